The Morgan fingerprint density at radius 3 is 2.40 bits per heavy atom. The largest absolute Gasteiger partial charge is 0.207 e. The van der Waals surface area contributed by atoms with Gasteiger partial charge in [0.15, 0.2) is 0 Å². The van der Waals surface area contributed by atoms with Crippen molar-refractivity contribution >= 4 is 0 Å². The Hall–Kier alpha value is -1.77. The molecular weight excluding hydrogens is 191 g/mol. The molecule has 1 aromatic heterocycles. The van der Waals surface area contributed by atoms with Gasteiger partial charge in [0.1, 0.15) is 5.82 Å². The van der Waals surface area contributed by atoms with E-state index in [-0.39, 0.29) is 5.82 Å². The molecule has 1 aromatic carbocycles. The van der Waals surface area contributed by atoms with Crippen LogP contribution in [0.25, 0.3) is 11.3 Å². The third-order valence-electron chi connectivity index (χ3n) is 2.25. The van der Waals surface area contributed by atoms with Gasteiger partial charge in [-0.05, 0) is 49.7 Å². The summed E-state index contributed by atoms with van der Waals surface area (Å²) in [6, 6.07) is 8.71. The SMILES string of the molecule is Cc1ccc(-c2ccc(F)c(C)c2)nn1. The van der Waals surface area contributed by atoms with Crippen LogP contribution in [0.15, 0.2) is 30.3 Å². The molecule has 0 aliphatic heterocycles. The van der Waals surface area contributed by atoms with E-state index in [0.717, 1.165) is 17.0 Å². The Labute approximate surface area is 87.8 Å². The van der Waals surface area contributed by atoms with E-state index in [1.165, 1.54) is 6.07 Å². The maximum atomic E-state index is 13.0. The van der Waals surface area contributed by atoms with Crippen molar-refractivity contribution in [2.24, 2.45) is 0 Å². The summed E-state index contributed by atoms with van der Waals surface area (Å²) in [5.41, 5.74) is 3.15. The lowest BCUT2D eigenvalue weighted by molar-refractivity contribution is 0.618. The van der Waals surface area contributed by atoms with Gasteiger partial charge in [0.25, 0.3) is 0 Å². The molecule has 0 aliphatic rings. The molecule has 2 aromatic rings. The number of aromatic nitrogens is 2. The van der Waals surface area contributed by atoms with Gasteiger partial charge in [-0.3, -0.25) is 0 Å². The van der Waals surface area contributed by atoms with Crippen molar-refractivity contribution < 1.29 is 4.39 Å². The number of hydrogen-bond acceptors (Lipinski definition) is 2. The van der Waals surface area contributed by atoms with E-state index in [1.54, 1.807) is 19.1 Å². The zero-order valence-electron chi connectivity index (χ0n) is 8.66. The Morgan fingerprint density at radius 2 is 1.80 bits per heavy atom. The minimum atomic E-state index is -0.196. The molecule has 76 valence electrons. The second kappa shape index (κ2) is 3.77. The minimum Gasteiger partial charge on any atom is -0.207 e. The predicted octanol–water partition coefficient (Wildman–Crippen LogP) is 2.90. The number of nitrogens with zero attached hydrogens (tertiary/aromatic N) is 2. The third kappa shape index (κ3) is 2.01. The third-order valence-corrected chi connectivity index (χ3v) is 2.25. The molecule has 0 atom stereocenters. The molecule has 0 N–H and O–H groups in total. The number of hydrogen-bond donors (Lipinski definition) is 0. The molecular formula is C12H11FN2. The van der Waals surface area contributed by atoms with E-state index in [0.29, 0.717) is 5.56 Å². The lowest BCUT2D eigenvalue weighted by Gasteiger charge is -2.02. The molecule has 2 nitrogen and oxygen atoms in total. The van der Waals surface area contributed by atoms with Crippen LogP contribution in [-0.4, -0.2) is 10.2 Å². The average molecular weight is 202 g/mol. The fraction of sp³-hybridized carbons (Fsp3) is 0.167. The predicted molar refractivity (Wildman–Crippen MR) is 56.9 cm³/mol. The zero-order valence-corrected chi connectivity index (χ0v) is 8.66. The standard InChI is InChI=1S/C12H11FN2/c1-8-7-10(4-5-11(8)13)12-6-3-9(2)14-15-12/h3-7H,1-2H3. The lowest BCUT2D eigenvalue weighted by atomic mass is 10.1. The summed E-state index contributed by atoms with van der Waals surface area (Å²) in [4.78, 5) is 0. The first-order valence-corrected chi connectivity index (χ1v) is 4.73. The van der Waals surface area contributed by atoms with E-state index in [9.17, 15) is 4.39 Å². The lowest BCUT2D eigenvalue weighted by Crippen LogP contribution is -1.91. The smallest absolute Gasteiger partial charge is 0.126 e. The molecule has 0 saturated heterocycles. The Morgan fingerprint density at radius 1 is 1.00 bits per heavy atom. The maximum absolute atomic E-state index is 13.0. The second-order valence-corrected chi connectivity index (χ2v) is 3.52. The summed E-state index contributed by atoms with van der Waals surface area (Å²) in [7, 11) is 0. The van der Waals surface area contributed by atoms with Crippen LogP contribution in [0.3, 0.4) is 0 Å². The van der Waals surface area contributed by atoms with Crippen molar-refractivity contribution in [1.29, 1.82) is 0 Å². The van der Waals surface area contributed by atoms with Gasteiger partial charge in [-0.1, -0.05) is 0 Å². The van der Waals surface area contributed by atoms with Crippen molar-refractivity contribution in [3.8, 4) is 11.3 Å². The van der Waals surface area contributed by atoms with Crippen molar-refractivity contribution in [2.45, 2.75) is 13.8 Å². The van der Waals surface area contributed by atoms with Crippen LogP contribution in [-0.2, 0) is 0 Å². The molecule has 0 saturated carbocycles. The number of rotatable bonds is 1. The summed E-state index contributed by atoms with van der Waals surface area (Å²) in [5.74, 6) is -0.196. The summed E-state index contributed by atoms with van der Waals surface area (Å²) < 4.78 is 13.0. The second-order valence-electron chi connectivity index (χ2n) is 3.52. The quantitative estimate of drug-likeness (QED) is 0.710. The fourth-order valence-corrected chi connectivity index (χ4v) is 1.36. The molecule has 3 heteroatoms. The van der Waals surface area contributed by atoms with E-state index >= 15 is 0 Å². The first-order valence-electron chi connectivity index (χ1n) is 4.73. The molecule has 0 aliphatic carbocycles. The van der Waals surface area contributed by atoms with Gasteiger partial charge >= 0.3 is 0 Å². The van der Waals surface area contributed by atoms with E-state index in [1.807, 2.05) is 19.1 Å². The first-order chi connectivity index (χ1) is 7.16. The molecule has 2 rings (SSSR count). The number of halogens is 1. The molecule has 0 unspecified atom stereocenters. The van der Waals surface area contributed by atoms with Crippen LogP contribution in [0.5, 0.6) is 0 Å². The maximum Gasteiger partial charge on any atom is 0.126 e. The van der Waals surface area contributed by atoms with Gasteiger partial charge in [-0.15, -0.1) is 0 Å². The van der Waals surface area contributed by atoms with Crippen molar-refractivity contribution in [3.05, 3.63) is 47.4 Å². The van der Waals surface area contributed by atoms with Crippen molar-refractivity contribution in [2.75, 3.05) is 0 Å². The summed E-state index contributed by atoms with van der Waals surface area (Å²) in [6.07, 6.45) is 0. The Kier molecular flexibility index (Phi) is 2.46. The van der Waals surface area contributed by atoms with Gasteiger partial charge in [-0.2, -0.15) is 10.2 Å². The highest BCUT2D eigenvalue weighted by Crippen LogP contribution is 2.19. The Balaban J connectivity index is 2.45. The summed E-state index contributed by atoms with van der Waals surface area (Å²) >= 11 is 0. The van der Waals surface area contributed by atoms with Gasteiger partial charge in [0.2, 0.25) is 0 Å². The molecule has 0 spiro atoms. The number of aryl methyl sites for hydroxylation is 2. The molecule has 1 heterocycles. The number of benzene rings is 1. The van der Waals surface area contributed by atoms with Crippen LogP contribution in [0.1, 0.15) is 11.3 Å². The van der Waals surface area contributed by atoms with Crippen LogP contribution in [0.2, 0.25) is 0 Å². The van der Waals surface area contributed by atoms with Crippen LogP contribution in [0.4, 0.5) is 4.39 Å². The highest BCUT2D eigenvalue weighted by Gasteiger charge is 2.02. The van der Waals surface area contributed by atoms with Gasteiger partial charge in [0.05, 0.1) is 11.4 Å². The molecule has 0 amide bonds. The molecule has 0 fully saturated rings. The normalized spacial score (nSPS) is 10.3. The van der Waals surface area contributed by atoms with Gasteiger partial charge in [-0.25, -0.2) is 4.39 Å². The fourth-order valence-electron chi connectivity index (χ4n) is 1.36. The summed E-state index contributed by atoms with van der Waals surface area (Å²) in [5, 5.41) is 8.01. The first kappa shape index (κ1) is 9.77. The van der Waals surface area contributed by atoms with Crippen LogP contribution in [0, 0.1) is 19.7 Å². The highest BCUT2D eigenvalue weighted by atomic mass is 19.1. The highest BCUT2D eigenvalue weighted by molar-refractivity contribution is 5.59. The monoisotopic (exact) mass is 202 g/mol. The topological polar surface area (TPSA) is 25.8 Å². The van der Waals surface area contributed by atoms with Crippen LogP contribution >= 0.6 is 0 Å². The van der Waals surface area contributed by atoms with Gasteiger partial charge < -0.3 is 0 Å². The van der Waals surface area contributed by atoms with E-state index < -0.39 is 0 Å². The Bertz CT molecular complexity index is 477. The minimum absolute atomic E-state index is 0.196. The molecule has 15 heavy (non-hydrogen) atoms. The zero-order chi connectivity index (χ0) is 10.8. The van der Waals surface area contributed by atoms with Crippen LogP contribution < -0.4 is 0 Å². The molecule has 0 bridgehead atoms. The average Bonchev–Trinajstić information content (AvgIpc) is 2.23. The molecule has 0 radical (unpaired) electrons. The van der Waals surface area contributed by atoms with Crippen molar-refractivity contribution in [1.82, 2.24) is 10.2 Å². The van der Waals surface area contributed by atoms with E-state index in [4.69, 9.17) is 0 Å². The van der Waals surface area contributed by atoms with Gasteiger partial charge in [0, 0.05) is 5.56 Å². The van der Waals surface area contributed by atoms with Crippen molar-refractivity contribution in [3.63, 3.8) is 0 Å². The van der Waals surface area contributed by atoms with E-state index in [2.05, 4.69) is 10.2 Å². The summed E-state index contributed by atoms with van der Waals surface area (Å²) in [6.45, 7) is 3.62.